The maximum Gasteiger partial charge on any atom is 0.248 e. The van der Waals surface area contributed by atoms with E-state index in [0.29, 0.717) is 18.1 Å². The number of benzene rings is 2. The summed E-state index contributed by atoms with van der Waals surface area (Å²) in [5.74, 6) is 0.717. The molecule has 3 aromatic rings. The fourth-order valence-corrected chi connectivity index (χ4v) is 4.97. The van der Waals surface area contributed by atoms with Gasteiger partial charge in [-0.25, -0.2) is 0 Å². The van der Waals surface area contributed by atoms with E-state index in [-0.39, 0.29) is 11.5 Å². The molecule has 154 valence electrons. The Bertz CT molecular complexity index is 1120. The Morgan fingerprint density at radius 2 is 2.00 bits per heavy atom. The molecule has 0 radical (unpaired) electrons. The summed E-state index contributed by atoms with van der Waals surface area (Å²) >= 11 is 6.68. The van der Waals surface area contributed by atoms with Crippen molar-refractivity contribution in [2.45, 2.75) is 31.3 Å². The first-order valence-corrected chi connectivity index (χ1v) is 10.7. The summed E-state index contributed by atoms with van der Waals surface area (Å²) in [5.41, 5.74) is 3.82. The summed E-state index contributed by atoms with van der Waals surface area (Å²) in [7, 11) is 0. The molecule has 1 aromatic heterocycles. The van der Waals surface area contributed by atoms with Crippen LogP contribution in [0, 0.1) is 0 Å². The van der Waals surface area contributed by atoms with Crippen molar-refractivity contribution in [2.24, 2.45) is 0 Å². The number of hydrogen-bond donors (Lipinski definition) is 1. The van der Waals surface area contributed by atoms with Crippen molar-refractivity contribution in [3.63, 3.8) is 0 Å². The highest BCUT2D eigenvalue weighted by atomic mass is 35.5. The Balaban J connectivity index is 1.39. The predicted octanol–water partition coefficient (Wildman–Crippen LogP) is 4.23. The van der Waals surface area contributed by atoms with E-state index in [1.165, 1.54) is 5.56 Å². The molecule has 1 spiro atoms. The SMILES string of the molecule is O=C(CO)N1CCC2(CCc3cc(-c4ccc5cccnc5c4Cl)ccc3O2)CC1. The number of halogens is 1. The normalized spacial score (nSPS) is 17.6. The number of rotatable bonds is 2. The smallest absolute Gasteiger partial charge is 0.248 e. The van der Waals surface area contributed by atoms with Crippen LogP contribution in [-0.2, 0) is 11.2 Å². The van der Waals surface area contributed by atoms with Gasteiger partial charge in [0.1, 0.15) is 18.0 Å². The average molecular weight is 423 g/mol. The highest BCUT2D eigenvalue weighted by molar-refractivity contribution is 6.37. The van der Waals surface area contributed by atoms with Gasteiger partial charge in [0, 0.05) is 43.1 Å². The first kappa shape index (κ1) is 19.3. The summed E-state index contributed by atoms with van der Waals surface area (Å²) in [6.45, 7) is 0.839. The number of piperidine rings is 1. The number of carbonyl (C=O) groups excluding carboxylic acids is 1. The van der Waals surface area contributed by atoms with Gasteiger partial charge in [-0.05, 0) is 42.2 Å². The molecule has 0 bridgehead atoms. The lowest BCUT2D eigenvalue weighted by Crippen LogP contribution is -2.51. The van der Waals surface area contributed by atoms with Gasteiger partial charge in [0.25, 0.3) is 0 Å². The van der Waals surface area contributed by atoms with Crippen molar-refractivity contribution < 1.29 is 14.6 Å². The highest BCUT2D eigenvalue weighted by Gasteiger charge is 2.40. The van der Waals surface area contributed by atoms with Gasteiger partial charge in [0.2, 0.25) is 5.91 Å². The molecule has 30 heavy (non-hydrogen) atoms. The van der Waals surface area contributed by atoms with Crippen molar-refractivity contribution in [3.8, 4) is 16.9 Å². The van der Waals surface area contributed by atoms with Crippen LogP contribution in [0.15, 0.2) is 48.7 Å². The molecule has 0 unspecified atom stereocenters. The molecule has 2 aromatic carbocycles. The monoisotopic (exact) mass is 422 g/mol. The van der Waals surface area contributed by atoms with Gasteiger partial charge in [0.05, 0.1) is 10.5 Å². The fourth-order valence-electron chi connectivity index (χ4n) is 4.64. The largest absolute Gasteiger partial charge is 0.487 e. The third kappa shape index (κ3) is 3.32. The lowest BCUT2D eigenvalue weighted by atomic mass is 9.82. The van der Waals surface area contributed by atoms with E-state index >= 15 is 0 Å². The lowest BCUT2D eigenvalue weighted by Gasteiger charge is -2.44. The van der Waals surface area contributed by atoms with Gasteiger partial charge >= 0.3 is 0 Å². The zero-order valence-electron chi connectivity index (χ0n) is 16.6. The first-order chi connectivity index (χ1) is 14.6. The minimum absolute atomic E-state index is 0.201. The van der Waals surface area contributed by atoms with Crippen LogP contribution in [0.25, 0.3) is 22.0 Å². The maximum absolute atomic E-state index is 11.7. The van der Waals surface area contributed by atoms with Crippen molar-refractivity contribution in [1.82, 2.24) is 9.88 Å². The minimum Gasteiger partial charge on any atom is -0.487 e. The third-order valence-corrected chi connectivity index (χ3v) is 6.81. The summed E-state index contributed by atoms with van der Waals surface area (Å²) in [6, 6.07) is 14.3. The number of carbonyl (C=O) groups is 1. The molecule has 2 aliphatic rings. The molecule has 1 N–H and O–H groups in total. The number of ether oxygens (including phenoxy) is 1. The average Bonchev–Trinajstić information content (AvgIpc) is 2.79. The highest BCUT2D eigenvalue weighted by Crippen LogP contribution is 2.42. The number of amides is 1. The van der Waals surface area contributed by atoms with E-state index in [2.05, 4.69) is 23.2 Å². The van der Waals surface area contributed by atoms with E-state index in [0.717, 1.165) is 53.5 Å². The molecule has 0 saturated carbocycles. The second kappa shape index (κ2) is 7.56. The quantitative estimate of drug-likeness (QED) is 0.671. The van der Waals surface area contributed by atoms with Crippen LogP contribution in [0.5, 0.6) is 5.75 Å². The molecule has 3 heterocycles. The van der Waals surface area contributed by atoms with E-state index in [9.17, 15) is 4.79 Å². The fraction of sp³-hybridized carbons (Fsp3) is 0.333. The lowest BCUT2D eigenvalue weighted by molar-refractivity contribution is -0.138. The summed E-state index contributed by atoms with van der Waals surface area (Å²) in [5, 5.41) is 10.8. The van der Waals surface area contributed by atoms with Gasteiger partial charge in [0.15, 0.2) is 0 Å². The first-order valence-electron chi connectivity index (χ1n) is 10.3. The van der Waals surface area contributed by atoms with Crippen molar-refractivity contribution in [1.29, 1.82) is 0 Å². The molecule has 6 heteroatoms. The van der Waals surface area contributed by atoms with Gasteiger partial charge < -0.3 is 14.7 Å². The number of aliphatic hydroxyl groups excluding tert-OH is 1. The standard InChI is InChI=1S/C24H23ClN2O3/c25-22-19(5-3-16-2-1-11-26-23(16)22)17-4-6-20-18(14-17)7-8-24(30-20)9-12-27(13-10-24)21(29)15-28/h1-6,11,14,28H,7-10,12-13,15H2. The molecule has 5 nitrogen and oxygen atoms in total. The van der Waals surface area contributed by atoms with Crippen molar-refractivity contribution in [2.75, 3.05) is 19.7 Å². The predicted molar refractivity (Wildman–Crippen MR) is 117 cm³/mol. The zero-order valence-corrected chi connectivity index (χ0v) is 17.4. The number of fused-ring (bicyclic) bond motifs is 2. The van der Waals surface area contributed by atoms with Crippen LogP contribution < -0.4 is 4.74 Å². The number of hydrogen-bond acceptors (Lipinski definition) is 4. The summed E-state index contributed by atoms with van der Waals surface area (Å²) in [4.78, 5) is 17.9. The summed E-state index contributed by atoms with van der Waals surface area (Å²) in [6.07, 6.45) is 5.21. The number of aromatic nitrogens is 1. The van der Waals surface area contributed by atoms with Crippen LogP contribution >= 0.6 is 11.6 Å². The van der Waals surface area contributed by atoms with Gasteiger partial charge in [-0.15, -0.1) is 0 Å². The van der Waals surface area contributed by atoms with Crippen LogP contribution in [0.3, 0.4) is 0 Å². The second-order valence-electron chi connectivity index (χ2n) is 8.15. The Labute approximate surface area is 180 Å². The number of aryl methyl sites for hydroxylation is 1. The van der Waals surface area contributed by atoms with E-state index in [1.54, 1.807) is 11.1 Å². The van der Waals surface area contributed by atoms with E-state index in [4.69, 9.17) is 21.4 Å². The van der Waals surface area contributed by atoms with Crippen LogP contribution in [-0.4, -0.2) is 46.2 Å². The van der Waals surface area contributed by atoms with Crippen molar-refractivity contribution >= 4 is 28.4 Å². The Hall–Kier alpha value is -2.63. The Kier molecular flexibility index (Phi) is 4.88. The van der Waals surface area contributed by atoms with Crippen LogP contribution in [0.4, 0.5) is 0 Å². The Morgan fingerprint density at radius 1 is 1.17 bits per heavy atom. The molecular weight excluding hydrogens is 400 g/mol. The van der Waals surface area contributed by atoms with Gasteiger partial charge in [-0.3, -0.25) is 9.78 Å². The van der Waals surface area contributed by atoms with Crippen LogP contribution in [0.1, 0.15) is 24.8 Å². The maximum atomic E-state index is 11.7. The van der Waals surface area contributed by atoms with E-state index < -0.39 is 6.61 Å². The molecule has 5 rings (SSSR count). The number of pyridine rings is 1. The van der Waals surface area contributed by atoms with Crippen molar-refractivity contribution in [3.05, 3.63) is 59.2 Å². The topological polar surface area (TPSA) is 62.7 Å². The van der Waals surface area contributed by atoms with E-state index in [1.807, 2.05) is 24.3 Å². The van der Waals surface area contributed by atoms with Gasteiger partial charge in [-0.2, -0.15) is 0 Å². The zero-order chi connectivity index (χ0) is 20.7. The molecule has 0 atom stereocenters. The molecule has 0 aliphatic carbocycles. The number of nitrogens with zero attached hydrogens (tertiary/aromatic N) is 2. The molecule has 2 aliphatic heterocycles. The second-order valence-corrected chi connectivity index (χ2v) is 8.53. The molecule has 1 amide bonds. The van der Waals surface area contributed by atoms with Crippen LogP contribution in [0.2, 0.25) is 5.02 Å². The van der Waals surface area contributed by atoms with Gasteiger partial charge in [-0.1, -0.05) is 35.9 Å². The molecule has 1 fully saturated rings. The minimum atomic E-state index is -0.424. The number of aliphatic hydroxyl groups is 1. The summed E-state index contributed by atoms with van der Waals surface area (Å²) < 4.78 is 6.47. The molecular formula is C24H23ClN2O3. The molecule has 1 saturated heterocycles. The Morgan fingerprint density at radius 3 is 2.80 bits per heavy atom. The number of likely N-dealkylation sites (tertiary alicyclic amines) is 1. The third-order valence-electron chi connectivity index (χ3n) is 6.42.